The standard InChI is InChI=1S/C15H26N6O/c1-16-7-12-8-21(18-17-12)9-13-6-11-4-5-20(13)10-14(11)15(22)19(2)3/h8,11,13-14,16H,4-7,9-10H2,1-3H3. The molecule has 1 aromatic heterocycles. The van der Waals surface area contributed by atoms with Crippen molar-refractivity contribution in [1.29, 1.82) is 0 Å². The van der Waals surface area contributed by atoms with Crippen LogP contribution < -0.4 is 5.32 Å². The lowest BCUT2D eigenvalue weighted by molar-refractivity contribution is -0.141. The maximum atomic E-state index is 12.3. The Kier molecular flexibility index (Phi) is 4.44. The van der Waals surface area contributed by atoms with Crippen LogP contribution in [-0.4, -0.2) is 71.0 Å². The summed E-state index contributed by atoms with van der Waals surface area (Å²) in [6, 6.07) is 0.481. The average Bonchev–Trinajstić information content (AvgIpc) is 2.94. The zero-order valence-corrected chi connectivity index (χ0v) is 13.7. The van der Waals surface area contributed by atoms with Gasteiger partial charge >= 0.3 is 0 Å². The van der Waals surface area contributed by atoms with Crippen molar-refractivity contribution in [3.63, 3.8) is 0 Å². The summed E-state index contributed by atoms with van der Waals surface area (Å²) in [5, 5.41) is 11.5. The molecule has 0 spiro atoms. The zero-order chi connectivity index (χ0) is 15.7. The molecule has 3 saturated heterocycles. The van der Waals surface area contributed by atoms with E-state index in [1.165, 1.54) is 0 Å². The van der Waals surface area contributed by atoms with Crippen LogP contribution in [0.1, 0.15) is 18.5 Å². The Bertz CT molecular complexity index is 528. The van der Waals surface area contributed by atoms with Gasteiger partial charge in [-0.15, -0.1) is 5.10 Å². The molecule has 1 N–H and O–H groups in total. The number of piperidine rings is 3. The number of hydrogen-bond acceptors (Lipinski definition) is 5. The molecule has 3 aliphatic heterocycles. The van der Waals surface area contributed by atoms with Crippen molar-refractivity contribution in [2.45, 2.75) is 32.0 Å². The lowest BCUT2D eigenvalue weighted by Gasteiger charge is -2.49. The third-order valence-corrected chi connectivity index (χ3v) is 4.98. The lowest BCUT2D eigenvalue weighted by atomic mass is 9.75. The fourth-order valence-corrected chi connectivity index (χ4v) is 3.85. The summed E-state index contributed by atoms with van der Waals surface area (Å²) in [6.45, 7) is 3.61. The smallest absolute Gasteiger partial charge is 0.226 e. The van der Waals surface area contributed by atoms with E-state index in [2.05, 4.69) is 20.5 Å². The fourth-order valence-electron chi connectivity index (χ4n) is 3.85. The molecular formula is C15H26N6O. The van der Waals surface area contributed by atoms with Crippen molar-refractivity contribution >= 4 is 5.91 Å². The van der Waals surface area contributed by atoms with Gasteiger partial charge in [-0.1, -0.05) is 5.21 Å². The van der Waals surface area contributed by atoms with E-state index >= 15 is 0 Å². The second kappa shape index (κ2) is 6.34. The number of amides is 1. The molecule has 122 valence electrons. The van der Waals surface area contributed by atoms with E-state index in [4.69, 9.17) is 0 Å². The van der Waals surface area contributed by atoms with Crippen molar-refractivity contribution in [3.8, 4) is 0 Å². The predicted molar refractivity (Wildman–Crippen MR) is 83.1 cm³/mol. The maximum absolute atomic E-state index is 12.3. The molecule has 7 heteroatoms. The van der Waals surface area contributed by atoms with Gasteiger partial charge in [0.15, 0.2) is 0 Å². The topological polar surface area (TPSA) is 66.3 Å². The molecule has 0 aromatic carbocycles. The molecule has 2 bridgehead atoms. The maximum Gasteiger partial charge on any atom is 0.226 e. The Morgan fingerprint density at radius 1 is 1.50 bits per heavy atom. The first kappa shape index (κ1) is 15.4. The van der Waals surface area contributed by atoms with Gasteiger partial charge in [0.2, 0.25) is 5.91 Å². The summed E-state index contributed by atoms with van der Waals surface area (Å²) in [4.78, 5) is 16.5. The Morgan fingerprint density at radius 3 is 2.95 bits per heavy atom. The van der Waals surface area contributed by atoms with Crippen molar-refractivity contribution in [2.24, 2.45) is 11.8 Å². The van der Waals surface area contributed by atoms with Crippen LogP contribution in [0.25, 0.3) is 0 Å². The normalized spacial score (nSPS) is 30.5. The number of carbonyl (C=O) groups is 1. The number of fused-ring (bicyclic) bond motifs is 3. The molecule has 22 heavy (non-hydrogen) atoms. The van der Waals surface area contributed by atoms with Crippen LogP contribution in [-0.2, 0) is 17.9 Å². The highest BCUT2D eigenvalue weighted by molar-refractivity contribution is 5.79. The van der Waals surface area contributed by atoms with Crippen LogP contribution >= 0.6 is 0 Å². The van der Waals surface area contributed by atoms with Crippen molar-refractivity contribution in [2.75, 3.05) is 34.2 Å². The Labute approximate surface area is 131 Å². The first-order valence-electron chi connectivity index (χ1n) is 8.07. The van der Waals surface area contributed by atoms with E-state index in [0.717, 1.165) is 44.7 Å². The summed E-state index contributed by atoms with van der Waals surface area (Å²) in [5.41, 5.74) is 0.971. The number of rotatable bonds is 5. The van der Waals surface area contributed by atoms with Crippen LogP contribution in [0, 0.1) is 11.8 Å². The second-order valence-electron chi connectivity index (χ2n) is 6.73. The molecule has 4 unspecified atom stereocenters. The first-order chi connectivity index (χ1) is 10.6. The highest BCUT2D eigenvalue weighted by Gasteiger charge is 2.43. The summed E-state index contributed by atoms with van der Waals surface area (Å²) < 4.78 is 1.95. The van der Waals surface area contributed by atoms with E-state index in [1.807, 2.05) is 32.0 Å². The molecule has 7 nitrogen and oxygen atoms in total. The van der Waals surface area contributed by atoms with Gasteiger partial charge in [0, 0.05) is 39.4 Å². The van der Waals surface area contributed by atoms with E-state index in [0.29, 0.717) is 12.0 Å². The van der Waals surface area contributed by atoms with Crippen LogP contribution in [0.3, 0.4) is 0 Å². The molecule has 3 fully saturated rings. The fraction of sp³-hybridized carbons (Fsp3) is 0.800. The molecule has 0 radical (unpaired) electrons. The van der Waals surface area contributed by atoms with Crippen LogP contribution in [0.4, 0.5) is 0 Å². The molecule has 1 aromatic rings. The SMILES string of the molecule is CNCc1cn(CC2CC3CCN2CC3C(=O)N(C)C)nn1. The number of aromatic nitrogens is 3. The summed E-state index contributed by atoms with van der Waals surface area (Å²) in [5.74, 6) is 0.978. The third kappa shape index (κ3) is 3.01. The second-order valence-corrected chi connectivity index (χ2v) is 6.73. The molecule has 1 amide bonds. The summed E-state index contributed by atoms with van der Waals surface area (Å²) in [7, 11) is 5.62. The Hall–Kier alpha value is -1.47. The van der Waals surface area contributed by atoms with Gasteiger partial charge in [0.05, 0.1) is 18.2 Å². The minimum atomic E-state index is 0.176. The van der Waals surface area contributed by atoms with Gasteiger partial charge in [-0.25, -0.2) is 0 Å². The van der Waals surface area contributed by atoms with Crippen molar-refractivity contribution < 1.29 is 4.79 Å². The van der Waals surface area contributed by atoms with Gasteiger partial charge in [0.1, 0.15) is 0 Å². The highest BCUT2D eigenvalue weighted by Crippen LogP contribution is 2.37. The molecule has 0 aliphatic carbocycles. The minimum Gasteiger partial charge on any atom is -0.349 e. The number of nitrogens with one attached hydrogen (secondary N) is 1. The number of hydrogen-bond donors (Lipinski definition) is 1. The Morgan fingerprint density at radius 2 is 2.32 bits per heavy atom. The largest absolute Gasteiger partial charge is 0.349 e. The number of nitrogens with zero attached hydrogens (tertiary/aromatic N) is 5. The molecular weight excluding hydrogens is 280 g/mol. The molecule has 4 atom stereocenters. The molecule has 0 saturated carbocycles. The van der Waals surface area contributed by atoms with Gasteiger partial charge in [0.25, 0.3) is 0 Å². The Balaban J connectivity index is 1.62. The van der Waals surface area contributed by atoms with Crippen molar-refractivity contribution in [1.82, 2.24) is 30.1 Å². The van der Waals surface area contributed by atoms with Crippen LogP contribution in [0.15, 0.2) is 6.20 Å². The average molecular weight is 306 g/mol. The first-order valence-corrected chi connectivity index (χ1v) is 8.07. The summed E-state index contributed by atoms with van der Waals surface area (Å²) >= 11 is 0. The molecule has 4 rings (SSSR count). The van der Waals surface area contributed by atoms with Gasteiger partial charge in [-0.3, -0.25) is 14.4 Å². The monoisotopic (exact) mass is 306 g/mol. The molecule has 3 aliphatic rings. The third-order valence-electron chi connectivity index (χ3n) is 4.98. The van der Waals surface area contributed by atoms with E-state index in [-0.39, 0.29) is 11.8 Å². The highest BCUT2D eigenvalue weighted by atomic mass is 16.2. The number of carbonyl (C=O) groups excluding carboxylic acids is 1. The van der Waals surface area contributed by atoms with Gasteiger partial charge in [-0.05, 0) is 32.4 Å². The van der Waals surface area contributed by atoms with Crippen LogP contribution in [0.2, 0.25) is 0 Å². The van der Waals surface area contributed by atoms with E-state index in [1.54, 1.807) is 4.90 Å². The van der Waals surface area contributed by atoms with Gasteiger partial charge < -0.3 is 10.2 Å². The quantitative estimate of drug-likeness (QED) is 0.816. The molecule has 4 heterocycles. The van der Waals surface area contributed by atoms with E-state index < -0.39 is 0 Å². The zero-order valence-electron chi connectivity index (χ0n) is 13.7. The van der Waals surface area contributed by atoms with Crippen molar-refractivity contribution in [3.05, 3.63) is 11.9 Å². The van der Waals surface area contributed by atoms with Gasteiger partial charge in [-0.2, -0.15) is 0 Å². The van der Waals surface area contributed by atoms with E-state index in [9.17, 15) is 4.79 Å². The predicted octanol–water partition coefficient (Wildman–Crippen LogP) is -0.204. The summed E-state index contributed by atoms with van der Waals surface area (Å²) in [6.07, 6.45) is 4.25. The lowest BCUT2D eigenvalue weighted by Crippen LogP contribution is -2.57. The minimum absolute atomic E-state index is 0.176. The van der Waals surface area contributed by atoms with Crippen LogP contribution in [0.5, 0.6) is 0 Å².